The van der Waals surface area contributed by atoms with Gasteiger partial charge in [0.15, 0.2) is 5.78 Å². The molecule has 2 aliphatic rings. The highest BCUT2D eigenvalue weighted by Crippen LogP contribution is 2.43. The van der Waals surface area contributed by atoms with Crippen molar-refractivity contribution in [2.45, 2.75) is 31.0 Å². The van der Waals surface area contributed by atoms with Gasteiger partial charge in [-0.1, -0.05) is 18.2 Å². The topological polar surface area (TPSA) is 77.8 Å². The summed E-state index contributed by atoms with van der Waals surface area (Å²) in [5.74, 6) is -2.76. The molecule has 3 rings (SSSR count). The Kier molecular flexibility index (Phi) is 4.26. The van der Waals surface area contributed by atoms with Crippen molar-refractivity contribution in [3.05, 3.63) is 33.4 Å². The van der Waals surface area contributed by atoms with Crippen molar-refractivity contribution in [1.29, 1.82) is 0 Å². The molecule has 2 saturated heterocycles. The maximum absolute atomic E-state index is 12.9. The Balaban J connectivity index is 2.00. The van der Waals surface area contributed by atoms with E-state index in [1.807, 2.05) is 24.1 Å². The van der Waals surface area contributed by atoms with Crippen molar-refractivity contribution in [2.75, 3.05) is 7.05 Å². The van der Waals surface area contributed by atoms with Crippen molar-refractivity contribution in [2.24, 2.45) is 11.8 Å². The zero-order chi connectivity index (χ0) is 16.0. The number of carboxylic acids is 1. The van der Waals surface area contributed by atoms with Gasteiger partial charge in [0.05, 0.1) is 17.9 Å². The SMILES string of the molecule is CN1[C@@H]2CC[C@H]1C(C(=O)c1ccccc1I)[C@H](O)[C@@H]2C(=O)O. The van der Waals surface area contributed by atoms with Gasteiger partial charge in [0.25, 0.3) is 0 Å². The summed E-state index contributed by atoms with van der Waals surface area (Å²) in [4.78, 5) is 26.5. The molecule has 2 bridgehead atoms. The van der Waals surface area contributed by atoms with Gasteiger partial charge in [-0.05, 0) is 48.5 Å². The fourth-order valence-electron chi connectivity index (χ4n) is 4.02. The number of benzene rings is 1. The standard InChI is InChI=1S/C16H18INO4/c1-18-10-6-7-11(18)13(16(21)22)15(20)12(10)14(19)8-4-2-3-5-9(8)17/h2-5,10-13,15,20H,6-7H2,1H3,(H,21,22)/t10-,11+,12?,13+,15-/m0/s1. The Morgan fingerprint density at radius 3 is 2.36 bits per heavy atom. The molecule has 1 aromatic carbocycles. The maximum Gasteiger partial charge on any atom is 0.310 e. The lowest BCUT2D eigenvalue weighted by Crippen LogP contribution is -2.59. The second-order valence-electron chi connectivity index (χ2n) is 6.10. The van der Waals surface area contributed by atoms with Crippen molar-refractivity contribution < 1.29 is 19.8 Å². The van der Waals surface area contributed by atoms with Gasteiger partial charge in [-0.3, -0.25) is 14.5 Å². The molecule has 0 saturated carbocycles. The minimum Gasteiger partial charge on any atom is -0.481 e. The van der Waals surface area contributed by atoms with Gasteiger partial charge in [-0.15, -0.1) is 0 Å². The molecule has 5 nitrogen and oxygen atoms in total. The Labute approximate surface area is 142 Å². The van der Waals surface area contributed by atoms with Gasteiger partial charge in [-0.25, -0.2) is 0 Å². The number of aliphatic carboxylic acids is 1. The lowest BCUT2D eigenvalue weighted by atomic mass is 9.76. The fourth-order valence-corrected chi connectivity index (χ4v) is 4.67. The van der Waals surface area contributed by atoms with Crippen LogP contribution in [0.3, 0.4) is 0 Å². The van der Waals surface area contributed by atoms with Gasteiger partial charge in [-0.2, -0.15) is 0 Å². The van der Waals surface area contributed by atoms with Crippen LogP contribution in [0.1, 0.15) is 23.2 Å². The minimum atomic E-state index is -1.13. The van der Waals surface area contributed by atoms with Crippen LogP contribution in [0.15, 0.2) is 24.3 Å². The van der Waals surface area contributed by atoms with Gasteiger partial charge in [0, 0.05) is 21.2 Å². The molecule has 6 heteroatoms. The average Bonchev–Trinajstić information content (AvgIpc) is 2.74. The first kappa shape index (κ1) is 15.9. The van der Waals surface area contributed by atoms with Crippen molar-refractivity contribution in [3.8, 4) is 0 Å². The van der Waals surface area contributed by atoms with Crippen molar-refractivity contribution in [1.82, 2.24) is 4.90 Å². The van der Waals surface area contributed by atoms with Crippen LogP contribution in [0.2, 0.25) is 0 Å². The molecule has 0 spiro atoms. The van der Waals surface area contributed by atoms with Crippen LogP contribution in [0.25, 0.3) is 0 Å². The predicted molar refractivity (Wildman–Crippen MR) is 88.7 cm³/mol. The summed E-state index contributed by atoms with van der Waals surface area (Å²) in [5.41, 5.74) is 0.565. The van der Waals surface area contributed by atoms with Gasteiger partial charge < -0.3 is 10.2 Å². The maximum atomic E-state index is 12.9. The molecular formula is C16H18INO4. The summed E-state index contributed by atoms with van der Waals surface area (Å²) in [6, 6.07) is 6.97. The third-order valence-electron chi connectivity index (χ3n) is 5.10. The predicted octanol–water partition coefficient (Wildman–Crippen LogP) is 1.63. The van der Waals surface area contributed by atoms with Gasteiger partial charge in [0.2, 0.25) is 0 Å². The minimum absolute atomic E-state index is 0.0842. The first-order valence-corrected chi connectivity index (χ1v) is 8.43. The molecule has 0 radical (unpaired) electrons. The highest BCUT2D eigenvalue weighted by Gasteiger charge is 2.56. The summed E-state index contributed by atoms with van der Waals surface area (Å²) in [6.45, 7) is 0. The number of halogens is 1. The van der Waals surface area contributed by atoms with Crippen LogP contribution in [-0.2, 0) is 4.79 Å². The number of nitrogens with zero attached hydrogens (tertiary/aromatic N) is 1. The van der Waals surface area contributed by atoms with E-state index in [0.717, 1.165) is 9.99 Å². The summed E-state index contributed by atoms with van der Waals surface area (Å²) in [7, 11) is 1.86. The summed E-state index contributed by atoms with van der Waals surface area (Å²) in [5, 5.41) is 20.1. The Bertz CT molecular complexity index is 620. The second-order valence-corrected chi connectivity index (χ2v) is 7.26. The van der Waals surface area contributed by atoms with E-state index in [9.17, 15) is 19.8 Å². The van der Waals surface area contributed by atoms with E-state index in [4.69, 9.17) is 0 Å². The smallest absolute Gasteiger partial charge is 0.310 e. The lowest BCUT2D eigenvalue weighted by Gasteiger charge is -2.43. The number of carbonyl (C=O) groups excluding carboxylic acids is 1. The van der Waals surface area contributed by atoms with Gasteiger partial charge in [0.1, 0.15) is 0 Å². The first-order valence-electron chi connectivity index (χ1n) is 7.35. The molecule has 5 atom stereocenters. The quantitative estimate of drug-likeness (QED) is 0.580. The number of carbonyl (C=O) groups is 2. The Morgan fingerprint density at radius 2 is 1.77 bits per heavy atom. The largest absolute Gasteiger partial charge is 0.481 e. The second kappa shape index (κ2) is 5.90. The highest BCUT2D eigenvalue weighted by molar-refractivity contribution is 14.1. The highest BCUT2D eigenvalue weighted by atomic mass is 127. The molecule has 0 amide bonds. The summed E-state index contributed by atoms with van der Waals surface area (Å²) >= 11 is 2.10. The number of fused-ring (bicyclic) bond motifs is 2. The normalized spacial score (nSPS) is 34.6. The fraction of sp³-hybridized carbons (Fsp3) is 0.500. The molecule has 118 valence electrons. The number of Topliss-reactive ketones (excluding diaryl/α,β-unsaturated/α-hetero) is 1. The van der Waals surface area contributed by atoms with E-state index >= 15 is 0 Å². The van der Waals surface area contributed by atoms with Crippen molar-refractivity contribution >= 4 is 34.3 Å². The Morgan fingerprint density at radius 1 is 1.18 bits per heavy atom. The van der Waals surface area contributed by atoms with E-state index in [-0.39, 0.29) is 17.9 Å². The number of aliphatic hydroxyl groups is 1. The zero-order valence-electron chi connectivity index (χ0n) is 12.1. The van der Waals surface area contributed by atoms with Gasteiger partial charge >= 0.3 is 5.97 Å². The monoisotopic (exact) mass is 415 g/mol. The number of carboxylic acid groups (broad SMARTS) is 1. The van der Waals surface area contributed by atoms with E-state index in [1.54, 1.807) is 12.1 Å². The van der Waals surface area contributed by atoms with Crippen LogP contribution >= 0.6 is 22.6 Å². The number of rotatable bonds is 3. The molecule has 2 N–H and O–H groups in total. The van der Waals surface area contributed by atoms with E-state index in [1.165, 1.54) is 0 Å². The Hall–Kier alpha value is -0.990. The number of ketones is 1. The van der Waals surface area contributed by atoms with Crippen LogP contribution in [0, 0.1) is 15.4 Å². The first-order chi connectivity index (χ1) is 10.4. The number of aliphatic hydroxyl groups excluding tert-OH is 1. The molecule has 1 aromatic rings. The van der Waals surface area contributed by atoms with Crippen molar-refractivity contribution in [3.63, 3.8) is 0 Å². The molecule has 2 aliphatic heterocycles. The molecule has 2 fully saturated rings. The number of hydrogen-bond donors (Lipinski definition) is 2. The van der Waals surface area contributed by atoms with Crippen LogP contribution in [0.5, 0.6) is 0 Å². The van der Waals surface area contributed by atoms with E-state index in [0.29, 0.717) is 12.0 Å². The molecule has 22 heavy (non-hydrogen) atoms. The third kappa shape index (κ3) is 2.37. The molecule has 0 aliphatic carbocycles. The van der Waals surface area contributed by atoms with Crippen LogP contribution < -0.4 is 0 Å². The molecule has 2 heterocycles. The average molecular weight is 415 g/mol. The molecule has 1 unspecified atom stereocenters. The summed E-state index contributed by atoms with van der Waals surface area (Å²) < 4.78 is 0.826. The summed E-state index contributed by atoms with van der Waals surface area (Å²) in [6.07, 6.45) is 0.335. The van der Waals surface area contributed by atoms with E-state index < -0.39 is 23.9 Å². The lowest BCUT2D eigenvalue weighted by molar-refractivity contribution is -0.154. The molecular weight excluding hydrogens is 397 g/mol. The number of hydrogen-bond acceptors (Lipinski definition) is 4. The number of piperidine rings is 1. The zero-order valence-corrected chi connectivity index (χ0v) is 14.3. The van der Waals surface area contributed by atoms with E-state index in [2.05, 4.69) is 22.6 Å². The van der Waals surface area contributed by atoms with Crippen LogP contribution in [0.4, 0.5) is 0 Å². The third-order valence-corrected chi connectivity index (χ3v) is 6.04. The molecule has 0 aromatic heterocycles. The van der Waals surface area contributed by atoms with Crippen LogP contribution in [-0.4, -0.2) is 52.1 Å².